The van der Waals surface area contributed by atoms with Crippen molar-refractivity contribution in [3.05, 3.63) is 63.9 Å². The molecule has 2 aromatic carbocycles. The average Bonchev–Trinajstić information content (AvgIpc) is 2.42. The maximum absolute atomic E-state index is 13.1. The van der Waals surface area contributed by atoms with Gasteiger partial charge in [0.1, 0.15) is 5.82 Å². The fourth-order valence-electron chi connectivity index (χ4n) is 1.80. The van der Waals surface area contributed by atoms with Crippen LogP contribution in [-0.2, 0) is 23.1 Å². The number of hydrogen-bond donors (Lipinski definition) is 2. The fraction of sp³-hybridized carbons (Fsp3) is 0.143. The lowest BCUT2D eigenvalue weighted by atomic mass is 10.2. The lowest BCUT2D eigenvalue weighted by molar-refractivity contribution is 0.597. The number of rotatable bonds is 5. The predicted octanol–water partition coefficient (Wildman–Crippen LogP) is 2.53. The minimum atomic E-state index is -3.65. The Morgan fingerprint density at radius 3 is 2.19 bits per heavy atom. The first-order valence-electron chi connectivity index (χ1n) is 6.12. The summed E-state index contributed by atoms with van der Waals surface area (Å²) in [5.74, 6) is -0.294. The highest BCUT2D eigenvalue weighted by Gasteiger charge is 2.06. The molecule has 0 amide bonds. The van der Waals surface area contributed by atoms with Crippen LogP contribution in [0.3, 0.4) is 0 Å². The predicted molar refractivity (Wildman–Crippen MR) is 82.5 cm³/mol. The Morgan fingerprint density at radius 1 is 1.05 bits per heavy atom. The molecule has 0 spiro atoms. The van der Waals surface area contributed by atoms with Gasteiger partial charge in [-0.3, -0.25) is 0 Å². The van der Waals surface area contributed by atoms with Crippen LogP contribution in [0.25, 0.3) is 0 Å². The summed E-state index contributed by atoms with van der Waals surface area (Å²) in [6.07, 6.45) is 0. The SMILES string of the molecule is NS(=O)(=O)c1ccc(CNCc2ccc(F)c(Br)c2)cc1. The molecule has 2 rings (SSSR count). The van der Waals surface area contributed by atoms with Gasteiger partial charge in [-0.15, -0.1) is 0 Å². The molecular formula is C14H14BrFN2O2S. The maximum atomic E-state index is 13.1. The Balaban J connectivity index is 1.93. The largest absolute Gasteiger partial charge is 0.309 e. The van der Waals surface area contributed by atoms with Gasteiger partial charge in [0.2, 0.25) is 10.0 Å². The van der Waals surface area contributed by atoms with Gasteiger partial charge in [-0.1, -0.05) is 18.2 Å². The zero-order valence-corrected chi connectivity index (χ0v) is 13.4. The average molecular weight is 373 g/mol. The zero-order chi connectivity index (χ0) is 15.5. The van der Waals surface area contributed by atoms with Crippen molar-refractivity contribution in [3.8, 4) is 0 Å². The molecule has 21 heavy (non-hydrogen) atoms. The van der Waals surface area contributed by atoms with Crippen molar-refractivity contribution >= 4 is 26.0 Å². The van der Waals surface area contributed by atoms with E-state index in [2.05, 4.69) is 21.2 Å². The molecule has 4 nitrogen and oxygen atoms in total. The van der Waals surface area contributed by atoms with E-state index in [1.165, 1.54) is 18.2 Å². The summed E-state index contributed by atoms with van der Waals surface area (Å²) < 4.78 is 35.8. The molecule has 0 saturated heterocycles. The number of primary sulfonamides is 1. The number of hydrogen-bond acceptors (Lipinski definition) is 3. The van der Waals surface area contributed by atoms with Gasteiger partial charge >= 0.3 is 0 Å². The van der Waals surface area contributed by atoms with Crippen molar-refractivity contribution in [2.75, 3.05) is 0 Å². The van der Waals surface area contributed by atoms with E-state index in [1.807, 2.05) is 0 Å². The fourth-order valence-corrected chi connectivity index (χ4v) is 2.74. The van der Waals surface area contributed by atoms with E-state index in [0.717, 1.165) is 11.1 Å². The smallest absolute Gasteiger partial charge is 0.238 e. The standard InChI is InChI=1S/C14H14BrFN2O2S/c15-13-7-11(3-6-14(13)16)9-18-8-10-1-4-12(5-2-10)21(17,19)20/h1-7,18H,8-9H2,(H2,17,19,20). The number of benzene rings is 2. The van der Waals surface area contributed by atoms with E-state index < -0.39 is 10.0 Å². The van der Waals surface area contributed by atoms with Crippen molar-refractivity contribution < 1.29 is 12.8 Å². The summed E-state index contributed by atoms with van der Waals surface area (Å²) in [5, 5.41) is 8.23. The van der Waals surface area contributed by atoms with Gasteiger partial charge in [-0.2, -0.15) is 0 Å². The molecule has 0 aliphatic rings. The third-order valence-electron chi connectivity index (χ3n) is 2.89. The molecule has 0 unspecified atom stereocenters. The van der Waals surface area contributed by atoms with Crippen molar-refractivity contribution in [2.24, 2.45) is 5.14 Å². The van der Waals surface area contributed by atoms with Crippen molar-refractivity contribution in [1.82, 2.24) is 5.32 Å². The first-order chi connectivity index (χ1) is 9.86. The molecular weight excluding hydrogens is 359 g/mol. The van der Waals surface area contributed by atoms with Crippen LogP contribution in [-0.4, -0.2) is 8.42 Å². The highest BCUT2D eigenvalue weighted by Crippen LogP contribution is 2.16. The van der Waals surface area contributed by atoms with Gasteiger partial charge in [-0.05, 0) is 51.3 Å². The monoisotopic (exact) mass is 372 g/mol. The third-order valence-corrected chi connectivity index (χ3v) is 4.43. The van der Waals surface area contributed by atoms with Crippen molar-refractivity contribution in [1.29, 1.82) is 0 Å². The van der Waals surface area contributed by atoms with Crippen LogP contribution in [0, 0.1) is 5.82 Å². The highest BCUT2D eigenvalue weighted by molar-refractivity contribution is 9.10. The van der Waals surface area contributed by atoms with E-state index in [-0.39, 0.29) is 10.7 Å². The molecule has 0 aliphatic heterocycles. The second kappa shape index (κ2) is 6.65. The number of nitrogens with one attached hydrogen (secondary N) is 1. The molecule has 0 atom stereocenters. The Kier molecular flexibility index (Phi) is 5.10. The van der Waals surface area contributed by atoms with Gasteiger partial charge in [0, 0.05) is 13.1 Å². The van der Waals surface area contributed by atoms with E-state index in [4.69, 9.17) is 5.14 Å². The lowest BCUT2D eigenvalue weighted by Gasteiger charge is -2.07. The molecule has 0 radical (unpaired) electrons. The first kappa shape index (κ1) is 16.1. The molecule has 0 aromatic heterocycles. The summed E-state index contributed by atoms with van der Waals surface area (Å²) in [6, 6.07) is 11.2. The van der Waals surface area contributed by atoms with Crippen molar-refractivity contribution in [3.63, 3.8) is 0 Å². The van der Waals surface area contributed by atoms with Crippen LogP contribution < -0.4 is 10.5 Å². The van der Waals surface area contributed by atoms with Crippen LogP contribution in [0.1, 0.15) is 11.1 Å². The van der Waals surface area contributed by atoms with Crippen molar-refractivity contribution in [2.45, 2.75) is 18.0 Å². The zero-order valence-electron chi connectivity index (χ0n) is 11.0. The van der Waals surface area contributed by atoms with Gasteiger partial charge in [0.15, 0.2) is 0 Å². The van der Waals surface area contributed by atoms with Crippen LogP contribution in [0.5, 0.6) is 0 Å². The highest BCUT2D eigenvalue weighted by atomic mass is 79.9. The second-order valence-electron chi connectivity index (χ2n) is 4.54. The topological polar surface area (TPSA) is 72.2 Å². The minimum Gasteiger partial charge on any atom is -0.309 e. The number of nitrogens with two attached hydrogens (primary N) is 1. The Labute approximate surface area is 131 Å². The molecule has 2 aromatic rings. The number of halogens is 2. The first-order valence-corrected chi connectivity index (χ1v) is 8.46. The molecule has 7 heteroatoms. The van der Waals surface area contributed by atoms with E-state index in [1.54, 1.807) is 24.3 Å². The van der Waals surface area contributed by atoms with Crippen LogP contribution in [0.4, 0.5) is 4.39 Å². The Hall–Kier alpha value is -1.28. The van der Waals surface area contributed by atoms with Crippen LogP contribution >= 0.6 is 15.9 Å². The molecule has 0 heterocycles. The maximum Gasteiger partial charge on any atom is 0.238 e. The van der Waals surface area contributed by atoms with Gasteiger partial charge in [0.25, 0.3) is 0 Å². The Morgan fingerprint density at radius 2 is 1.62 bits per heavy atom. The summed E-state index contributed by atoms with van der Waals surface area (Å²) in [7, 11) is -3.65. The van der Waals surface area contributed by atoms with E-state index >= 15 is 0 Å². The van der Waals surface area contributed by atoms with Crippen LogP contribution in [0.15, 0.2) is 51.8 Å². The molecule has 0 saturated carbocycles. The lowest BCUT2D eigenvalue weighted by Crippen LogP contribution is -2.14. The normalized spacial score (nSPS) is 11.6. The Bertz CT molecular complexity index is 733. The quantitative estimate of drug-likeness (QED) is 0.846. The second-order valence-corrected chi connectivity index (χ2v) is 6.96. The molecule has 0 aliphatic carbocycles. The van der Waals surface area contributed by atoms with Gasteiger partial charge < -0.3 is 5.32 Å². The number of sulfonamides is 1. The molecule has 0 bridgehead atoms. The minimum absolute atomic E-state index is 0.0914. The van der Waals surface area contributed by atoms with Gasteiger partial charge in [0.05, 0.1) is 9.37 Å². The van der Waals surface area contributed by atoms with E-state index in [9.17, 15) is 12.8 Å². The van der Waals surface area contributed by atoms with Crippen LogP contribution in [0.2, 0.25) is 0 Å². The molecule has 3 N–H and O–H groups in total. The summed E-state index contributed by atoms with van der Waals surface area (Å²) in [5.41, 5.74) is 1.88. The van der Waals surface area contributed by atoms with E-state index in [0.29, 0.717) is 17.6 Å². The third kappa shape index (κ3) is 4.60. The molecule has 112 valence electrons. The summed E-state index contributed by atoms with van der Waals surface area (Å²) in [4.78, 5) is 0.0914. The molecule has 0 fully saturated rings. The summed E-state index contributed by atoms with van der Waals surface area (Å²) >= 11 is 3.14. The summed E-state index contributed by atoms with van der Waals surface area (Å²) in [6.45, 7) is 1.15. The van der Waals surface area contributed by atoms with Gasteiger partial charge in [-0.25, -0.2) is 17.9 Å².